The highest BCUT2D eigenvalue weighted by Crippen LogP contribution is 2.40. The fraction of sp³-hybridized carbons (Fsp3) is 0.444. The lowest BCUT2D eigenvalue weighted by Crippen LogP contribution is -2.53. The molecule has 9 nitrogen and oxygen atoms in total. The van der Waals surface area contributed by atoms with Gasteiger partial charge in [0.05, 0.1) is 17.0 Å². The molecule has 3 amide bonds. The molecule has 1 N–H and O–H groups in total. The number of benzene rings is 1. The highest BCUT2D eigenvalue weighted by molar-refractivity contribution is 5.97. The van der Waals surface area contributed by atoms with Gasteiger partial charge in [0.15, 0.2) is 5.69 Å². The van der Waals surface area contributed by atoms with Crippen molar-refractivity contribution in [3.05, 3.63) is 66.0 Å². The van der Waals surface area contributed by atoms with E-state index in [1.807, 2.05) is 29.2 Å². The van der Waals surface area contributed by atoms with Crippen LogP contribution in [0.15, 0.2) is 54.7 Å². The summed E-state index contributed by atoms with van der Waals surface area (Å²) in [5, 5.41) is 10.7. The quantitative estimate of drug-likeness (QED) is 0.617. The number of carbonyl (C=O) groups excluding carboxylic acids is 3. The zero-order valence-electron chi connectivity index (χ0n) is 20.3. The zero-order valence-corrected chi connectivity index (χ0v) is 20.3. The predicted octanol–water partition coefficient (Wildman–Crippen LogP) is 2.46. The summed E-state index contributed by atoms with van der Waals surface area (Å²) in [6.07, 6.45) is 8.93. The van der Waals surface area contributed by atoms with Gasteiger partial charge in [-0.1, -0.05) is 24.3 Å². The van der Waals surface area contributed by atoms with Gasteiger partial charge >= 0.3 is 0 Å². The molecule has 0 saturated carbocycles. The minimum Gasteiger partial charge on any atom is -0.491 e. The molecule has 4 heterocycles. The van der Waals surface area contributed by atoms with Crippen LogP contribution >= 0.6 is 0 Å². The average molecular weight is 490 g/mol. The van der Waals surface area contributed by atoms with Crippen molar-refractivity contribution in [1.29, 1.82) is 0 Å². The van der Waals surface area contributed by atoms with Crippen molar-refractivity contribution in [1.82, 2.24) is 25.3 Å². The summed E-state index contributed by atoms with van der Waals surface area (Å²) in [6, 6.07) is 10.5. The number of likely N-dealkylation sites (tertiary alicyclic amines) is 1. The minimum absolute atomic E-state index is 0.0448. The molecule has 2 aromatic rings. The number of nitrogens with one attached hydrogen (secondary N) is 1. The maximum atomic E-state index is 14.1. The van der Waals surface area contributed by atoms with Crippen LogP contribution in [0.2, 0.25) is 0 Å². The number of hydrogen-bond acceptors (Lipinski definition) is 6. The van der Waals surface area contributed by atoms with Crippen LogP contribution in [0.5, 0.6) is 5.75 Å². The summed E-state index contributed by atoms with van der Waals surface area (Å²) < 4.78 is 6.10. The molecule has 1 atom stereocenters. The summed E-state index contributed by atoms with van der Waals surface area (Å²) in [4.78, 5) is 43.4. The van der Waals surface area contributed by atoms with E-state index in [1.165, 1.54) is 0 Å². The summed E-state index contributed by atoms with van der Waals surface area (Å²) in [5.74, 6) is 0.327. The smallest absolute Gasteiger partial charge is 0.274 e. The van der Waals surface area contributed by atoms with E-state index < -0.39 is 5.41 Å². The van der Waals surface area contributed by atoms with Gasteiger partial charge in [-0.15, -0.1) is 5.10 Å². The largest absolute Gasteiger partial charge is 0.491 e. The number of aromatic nitrogens is 2. The monoisotopic (exact) mass is 489 g/mol. The maximum Gasteiger partial charge on any atom is 0.274 e. The Bertz CT molecular complexity index is 1140. The Labute approximate surface area is 210 Å². The Balaban J connectivity index is 1.36. The third kappa shape index (κ3) is 4.82. The van der Waals surface area contributed by atoms with Gasteiger partial charge in [-0.25, -0.2) is 0 Å². The van der Waals surface area contributed by atoms with Crippen LogP contribution in [-0.2, 0) is 4.79 Å². The van der Waals surface area contributed by atoms with Gasteiger partial charge in [-0.3, -0.25) is 14.4 Å². The van der Waals surface area contributed by atoms with E-state index in [1.54, 1.807) is 35.4 Å². The second kappa shape index (κ2) is 10.5. The number of hydrogen-bond donors (Lipinski definition) is 1. The number of fused-ring (bicyclic) bond motifs is 2. The van der Waals surface area contributed by atoms with E-state index in [-0.39, 0.29) is 23.8 Å². The van der Waals surface area contributed by atoms with Gasteiger partial charge in [0.2, 0.25) is 5.91 Å². The minimum atomic E-state index is -0.593. The second-order valence-electron chi connectivity index (χ2n) is 9.67. The first-order valence-corrected chi connectivity index (χ1v) is 12.6. The summed E-state index contributed by atoms with van der Waals surface area (Å²) >= 11 is 0. The molecule has 9 heteroatoms. The van der Waals surface area contributed by atoms with E-state index in [9.17, 15) is 14.4 Å². The predicted molar refractivity (Wildman–Crippen MR) is 132 cm³/mol. The van der Waals surface area contributed by atoms with Crippen molar-refractivity contribution < 1.29 is 19.1 Å². The van der Waals surface area contributed by atoms with Gasteiger partial charge < -0.3 is 19.9 Å². The lowest BCUT2D eigenvalue weighted by molar-refractivity contribution is -0.146. The molecular weight excluding hydrogens is 458 g/mol. The first kappa shape index (κ1) is 24.0. The first-order chi connectivity index (χ1) is 17.6. The van der Waals surface area contributed by atoms with Crippen LogP contribution in [0, 0.1) is 5.41 Å². The van der Waals surface area contributed by atoms with Crippen molar-refractivity contribution in [2.75, 3.05) is 32.8 Å². The molecule has 0 unspecified atom stereocenters. The Morgan fingerprint density at radius 1 is 1.06 bits per heavy atom. The molecule has 3 aliphatic rings. The Morgan fingerprint density at radius 3 is 2.69 bits per heavy atom. The number of ether oxygens (including phenoxy) is 1. The molecule has 2 fully saturated rings. The number of piperidine rings is 1. The van der Waals surface area contributed by atoms with E-state index in [0.29, 0.717) is 69.1 Å². The van der Waals surface area contributed by atoms with Crippen LogP contribution in [-0.4, -0.2) is 76.5 Å². The molecule has 1 aromatic heterocycles. The van der Waals surface area contributed by atoms with Crippen LogP contribution < -0.4 is 10.1 Å². The van der Waals surface area contributed by atoms with Gasteiger partial charge in [0, 0.05) is 32.4 Å². The van der Waals surface area contributed by atoms with Crippen molar-refractivity contribution in [3.63, 3.8) is 0 Å². The number of carbonyl (C=O) groups is 3. The van der Waals surface area contributed by atoms with Crippen molar-refractivity contribution in [2.45, 2.75) is 38.1 Å². The molecular formula is C27H31N5O4. The highest BCUT2D eigenvalue weighted by Gasteiger charge is 2.46. The van der Waals surface area contributed by atoms with Gasteiger partial charge in [0.1, 0.15) is 12.4 Å². The fourth-order valence-electron chi connectivity index (χ4n) is 5.41. The number of para-hydroxylation sites is 1. The molecule has 5 rings (SSSR count). The maximum absolute atomic E-state index is 14.1. The molecule has 0 radical (unpaired) electrons. The van der Waals surface area contributed by atoms with Crippen LogP contribution in [0.3, 0.4) is 0 Å². The van der Waals surface area contributed by atoms with E-state index in [2.05, 4.69) is 15.5 Å². The van der Waals surface area contributed by atoms with Crippen LogP contribution in [0.25, 0.3) is 0 Å². The number of amides is 3. The van der Waals surface area contributed by atoms with Crippen molar-refractivity contribution >= 4 is 17.7 Å². The van der Waals surface area contributed by atoms with E-state index in [4.69, 9.17) is 4.74 Å². The topological polar surface area (TPSA) is 105 Å². The van der Waals surface area contributed by atoms with Gasteiger partial charge in [-0.2, -0.15) is 5.10 Å². The van der Waals surface area contributed by atoms with E-state index >= 15 is 0 Å². The number of rotatable bonds is 1. The second-order valence-corrected chi connectivity index (χ2v) is 9.67. The van der Waals surface area contributed by atoms with Crippen LogP contribution in [0.1, 0.15) is 53.0 Å². The normalized spacial score (nSPS) is 23.2. The first-order valence-electron chi connectivity index (χ1n) is 12.6. The molecule has 188 valence electrons. The van der Waals surface area contributed by atoms with Gasteiger partial charge in [-0.05, 0) is 56.4 Å². The van der Waals surface area contributed by atoms with Crippen molar-refractivity contribution in [3.8, 4) is 5.75 Å². The van der Waals surface area contributed by atoms with Crippen LogP contribution in [0.4, 0.5) is 0 Å². The summed E-state index contributed by atoms with van der Waals surface area (Å²) in [6.45, 7) is 2.37. The zero-order chi connectivity index (χ0) is 25.0. The average Bonchev–Trinajstić information content (AvgIpc) is 3.40. The lowest BCUT2D eigenvalue weighted by Gasteiger charge is -2.43. The third-order valence-corrected chi connectivity index (χ3v) is 7.51. The Morgan fingerprint density at radius 2 is 1.89 bits per heavy atom. The molecule has 1 spiro atoms. The summed E-state index contributed by atoms with van der Waals surface area (Å²) in [7, 11) is 0. The Hall–Kier alpha value is -3.75. The number of allylic oxidation sites excluding steroid dienone is 1. The molecule has 1 aromatic carbocycles. The van der Waals surface area contributed by atoms with Crippen molar-refractivity contribution in [2.24, 2.45) is 5.41 Å². The molecule has 0 bridgehead atoms. The SMILES string of the molecule is O=C1NC/C=C\CC2(CCN(C(=O)c3cccnn3)CC2)C(=O)N2CCC[C@@H]2COc2ccccc21. The molecule has 3 aliphatic heterocycles. The standard InChI is InChI=1S/C27H31N5O4/c33-24-21-8-1-2-10-23(21)36-19-20-7-6-16-32(20)26(35)27(11-3-4-14-28-24)12-17-31(18-13-27)25(34)22-9-5-15-29-30-22/h1-5,8-10,15,20H,6-7,11-14,16-19H2,(H,28,33)/b4-3-/t20-/m1/s1. The fourth-order valence-corrected chi connectivity index (χ4v) is 5.41. The molecule has 36 heavy (non-hydrogen) atoms. The molecule has 2 saturated heterocycles. The Kier molecular flexibility index (Phi) is 6.97. The number of nitrogens with zero attached hydrogens (tertiary/aromatic N) is 4. The summed E-state index contributed by atoms with van der Waals surface area (Å²) in [5.41, 5.74) is 0.221. The lowest BCUT2D eigenvalue weighted by atomic mass is 9.74. The highest BCUT2D eigenvalue weighted by atomic mass is 16.5. The molecule has 0 aliphatic carbocycles. The van der Waals surface area contributed by atoms with Gasteiger partial charge in [0.25, 0.3) is 11.8 Å². The third-order valence-electron chi connectivity index (χ3n) is 7.51. The van der Waals surface area contributed by atoms with E-state index in [0.717, 1.165) is 12.8 Å².